The van der Waals surface area contributed by atoms with E-state index in [9.17, 15) is 14.7 Å². The molecule has 0 aromatic rings. The first kappa shape index (κ1) is 17.8. The quantitative estimate of drug-likeness (QED) is 0.660. The average molecular weight is 298 g/mol. The SMILES string of the molecule is CCCCCNC(=O)NC1CCC(C(=O)O)C(C)(C)C1C. The summed E-state index contributed by atoms with van der Waals surface area (Å²) in [5, 5.41) is 15.2. The number of hydrogen-bond donors (Lipinski definition) is 3. The number of rotatable bonds is 6. The third kappa shape index (κ3) is 4.61. The van der Waals surface area contributed by atoms with Crippen LogP contribution in [0.25, 0.3) is 0 Å². The van der Waals surface area contributed by atoms with Crippen LogP contribution in [0.5, 0.6) is 0 Å². The predicted octanol–water partition coefficient (Wildman–Crippen LogP) is 3.00. The van der Waals surface area contributed by atoms with Gasteiger partial charge in [0.15, 0.2) is 0 Å². The molecule has 1 fully saturated rings. The van der Waals surface area contributed by atoms with E-state index in [0.29, 0.717) is 13.0 Å². The first-order valence-electron chi connectivity index (χ1n) is 8.07. The molecular weight excluding hydrogens is 268 g/mol. The molecule has 3 N–H and O–H groups in total. The highest BCUT2D eigenvalue weighted by Gasteiger charge is 2.46. The van der Waals surface area contributed by atoms with Crippen LogP contribution in [0.1, 0.15) is 59.8 Å². The van der Waals surface area contributed by atoms with Crippen LogP contribution in [-0.4, -0.2) is 29.7 Å². The molecule has 1 saturated carbocycles. The molecule has 0 bridgehead atoms. The molecule has 0 aromatic carbocycles. The Bertz CT molecular complexity index is 369. The largest absolute Gasteiger partial charge is 0.481 e. The van der Waals surface area contributed by atoms with Gasteiger partial charge in [-0.2, -0.15) is 0 Å². The van der Waals surface area contributed by atoms with E-state index in [1.54, 1.807) is 0 Å². The third-order valence-electron chi connectivity index (χ3n) is 5.12. The molecule has 2 amide bonds. The first-order chi connectivity index (χ1) is 9.80. The van der Waals surface area contributed by atoms with E-state index in [2.05, 4.69) is 17.6 Å². The second kappa shape index (κ2) is 7.66. The van der Waals surface area contributed by atoms with Crippen molar-refractivity contribution in [1.29, 1.82) is 0 Å². The topological polar surface area (TPSA) is 78.4 Å². The normalized spacial score (nSPS) is 27.9. The van der Waals surface area contributed by atoms with E-state index in [1.807, 2.05) is 20.8 Å². The molecule has 122 valence electrons. The van der Waals surface area contributed by atoms with Crippen molar-refractivity contribution in [2.24, 2.45) is 17.3 Å². The number of aliphatic carboxylic acids is 1. The molecule has 1 rings (SSSR count). The number of amides is 2. The summed E-state index contributed by atoms with van der Waals surface area (Å²) < 4.78 is 0. The van der Waals surface area contributed by atoms with Gasteiger partial charge in [0.25, 0.3) is 0 Å². The molecule has 0 heterocycles. The molecule has 0 radical (unpaired) electrons. The molecule has 5 nitrogen and oxygen atoms in total. The van der Waals surface area contributed by atoms with Crippen molar-refractivity contribution in [3.63, 3.8) is 0 Å². The average Bonchev–Trinajstić information content (AvgIpc) is 2.40. The Hall–Kier alpha value is -1.26. The zero-order valence-corrected chi connectivity index (χ0v) is 13.7. The van der Waals surface area contributed by atoms with E-state index in [4.69, 9.17) is 0 Å². The zero-order chi connectivity index (χ0) is 16.0. The summed E-state index contributed by atoms with van der Waals surface area (Å²) in [5.41, 5.74) is -0.315. The van der Waals surface area contributed by atoms with E-state index in [-0.39, 0.29) is 29.3 Å². The van der Waals surface area contributed by atoms with Crippen molar-refractivity contribution in [3.05, 3.63) is 0 Å². The third-order valence-corrected chi connectivity index (χ3v) is 5.12. The zero-order valence-electron chi connectivity index (χ0n) is 13.7. The second-order valence-corrected chi connectivity index (χ2v) is 6.79. The fraction of sp³-hybridized carbons (Fsp3) is 0.875. The molecule has 21 heavy (non-hydrogen) atoms. The molecule has 3 unspecified atom stereocenters. The molecule has 0 aromatic heterocycles. The lowest BCUT2D eigenvalue weighted by atomic mass is 9.61. The van der Waals surface area contributed by atoms with Crippen molar-refractivity contribution < 1.29 is 14.7 Å². The predicted molar refractivity (Wildman–Crippen MR) is 83.2 cm³/mol. The Morgan fingerprint density at radius 3 is 2.48 bits per heavy atom. The van der Waals surface area contributed by atoms with E-state index < -0.39 is 5.97 Å². The van der Waals surface area contributed by atoms with Gasteiger partial charge in [-0.1, -0.05) is 40.5 Å². The summed E-state index contributed by atoms with van der Waals surface area (Å²) in [4.78, 5) is 23.3. The highest BCUT2D eigenvalue weighted by atomic mass is 16.4. The minimum absolute atomic E-state index is 0.0433. The van der Waals surface area contributed by atoms with Gasteiger partial charge in [-0.3, -0.25) is 4.79 Å². The van der Waals surface area contributed by atoms with Crippen molar-refractivity contribution in [3.8, 4) is 0 Å². The fourth-order valence-electron chi connectivity index (χ4n) is 3.24. The highest BCUT2D eigenvalue weighted by Crippen LogP contribution is 2.45. The molecule has 5 heteroatoms. The van der Waals surface area contributed by atoms with Crippen LogP contribution in [0, 0.1) is 17.3 Å². The Kier molecular flexibility index (Phi) is 6.49. The minimum Gasteiger partial charge on any atom is -0.481 e. The van der Waals surface area contributed by atoms with Crippen LogP contribution < -0.4 is 10.6 Å². The standard InChI is InChI=1S/C16H30N2O3/c1-5-6-7-10-17-15(21)18-13-9-8-12(14(19)20)16(3,4)11(13)2/h11-13H,5-10H2,1-4H3,(H,19,20)(H2,17,18,21). The van der Waals surface area contributed by atoms with Gasteiger partial charge < -0.3 is 15.7 Å². The van der Waals surface area contributed by atoms with Gasteiger partial charge in [0.05, 0.1) is 5.92 Å². The number of carboxylic acid groups (broad SMARTS) is 1. The monoisotopic (exact) mass is 298 g/mol. The number of nitrogens with one attached hydrogen (secondary N) is 2. The second-order valence-electron chi connectivity index (χ2n) is 6.79. The van der Waals surface area contributed by atoms with Gasteiger partial charge in [-0.05, 0) is 30.6 Å². The summed E-state index contributed by atoms with van der Waals surface area (Å²) in [5.74, 6) is -0.929. The number of carboxylic acids is 1. The van der Waals surface area contributed by atoms with Gasteiger partial charge in [0, 0.05) is 12.6 Å². The minimum atomic E-state index is -0.727. The van der Waals surface area contributed by atoms with Crippen LogP contribution in [0.4, 0.5) is 4.79 Å². The number of unbranched alkanes of at least 4 members (excludes halogenated alkanes) is 2. The summed E-state index contributed by atoms with van der Waals surface area (Å²) >= 11 is 0. The van der Waals surface area contributed by atoms with E-state index in [1.165, 1.54) is 0 Å². The van der Waals surface area contributed by atoms with Crippen molar-refractivity contribution in [2.75, 3.05) is 6.54 Å². The number of carbonyl (C=O) groups excluding carboxylic acids is 1. The van der Waals surface area contributed by atoms with Crippen molar-refractivity contribution in [1.82, 2.24) is 10.6 Å². The van der Waals surface area contributed by atoms with E-state index >= 15 is 0 Å². The van der Waals surface area contributed by atoms with Gasteiger partial charge >= 0.3 is 12.0 Å². The molecule has 3 atom stereocenters. The maximum Gasteiger partial charge on any atom is 0.315 e. The lowest BCUT2D eigenvalue weighted by Crippen LogP contribution is -2.54. The molecule has 0 spiro atoms. The lowest BCUT2D eigenvalue weighted by Gasteiger charge is -2.46. The van der Waals surface area contributed by atoms with Crippen LogP contribution in [0.3, 0.4) is 0 Å². The maximum absolute atomic E-state index is 11.9. The Morgan fingerprint density at radius 1 is 1.24 bits per heavy atom. The summed E-state index contributed by atoms with van der Waals surface area (Å²) in [6.07, 6.45) is 4.59. The summed E-state index contributed by atoms with van der Waals surface area (Å²) in [7, 11) is 0. The summed E-state index contributed by atoms with van der Waals surface area (Å²) in [6.45, 7) is 8.84. The fourth-order valence-corrected chi connectivity index (χ4v) is 3.24. The molecule has 0 saturated heterocycles. The maximum atomic E-state index is 11.9. The molecule has 1 aliphatic rings. The molecule has 0 aliphatic heterocycles. The van der Waals surface area contributed by atoms with Gasteiger partial charge in [-0.15, -0.1) is 0 Å². The Labute approximate surface area is 127 Å². The summed E-state index contributed by atoms with van der Waals surface area (Å²) in [6, 6.07) is -0.0886. The Morgan fingerprint density at radius 2 is 1.90 bits per heavy atom. The van der Waals surface area contributed by atoms with Crippen LogP contribution in [0.2, 0.25) is 0 Å². The lowest BCUT2D eigenvalue weighted by molar-refractivity contribution is -0.150. The number of hydrogen-bond acceptors (Lipinski definition) is 2. The Balaban J connectivity index is 2.50. The van der Waals surface area contributed by atoms with Crippen LogP contribution >= 0.6 is 0 Å². The molecular formula is C16H30N2O3. The van der Waals surface area contributed by atoms with E-state index in [0.717, 1.165) is 25.7 Å². The van der Waals surface area contributed by atoms with Crippen molar-refractivity contribution in [2.45, 2.75) is 65.8 Å². The van der Waals surface area contributed by atoms with Crippen LogP contribution in [0.15, 0.2) is 0 Å². The molecule has 1 aliphatic carbocycles. The van der Waals surface area contributed by atoms with Gasteiger partial charge in [0.1, 0.15) is 0 Å². The number of carbonyl (C=O) groups is 2. The highest BCUT2D eigenvalue weighted by molar-refractivity contribution is 5.74. The first-order valence-corrected chi connectivity index (χ1v) is 8.07. The van der Waals surface area contributed by atoms with Gasteiger partial charge in [-0.25, -0.2) is 4.79 Å². The number of urea groups is 1. The smallest absolute Gasteiger partial charge is 0.315 e. The van der Waals surface area contributed by atoms with Crippen LogP contribution in [-0.2, 0) is 4.79 Å². The van der Waals surface area contributed by atoms with Crippen molar-refractivity contribution >= 4 is 12.0 Å². The van der Waals surface area contributed by atoms with Gasteiger partial charge in [0.2, 0.25) is 0 Å².